The average Bonchev–Trinajstić information content (AvgIpc) is 2.39. The predicted molar refractivity (Wildman–Crippen MR) is 70.4 cm³/mol. The predicted octanol–water partition coefficient (Wildman–Crippen LogP) is 3.05. The largest absolute Gasteiger partial charge is 0.438 e. The van der Waals surface area contributed by atoms with Gasteiger partial charge < -0.3 is 10.5 Å². The van der Waals surface area contributed by atoms with Gasteiger partial charge in [-0.3, -0.25) is 0 Å². The lowest BCUT2D eigenvalue weighted by Crippen LogP contribution is -2.00. The summed E-state index contributed by atoms with van der Waals surface area (Å²) in [5, 5.41) is 0. The first-order chi connectivity index (χ1) is 8.33. The van der Waals surface area contributed by atoms with Crippen LogP contribution < -0.4 is 10.5 Å². The van der Waals surface area contributed by atoms with E-state index in [1.807, 2.05) is 48.7 Å². The first-order valence-corrected chi connectivity index (χ1v) is 6.53. The molecule has 2 rings (SSSR count). The Hall–Kier alpha value is -1.52. The summed E-state index contributed by atoms with van der Waals surface area (Å²) >= 11 is 1.65. The molecule has 0 amide bonds. The molecule has 0 spiro atoms. The molecular weight excluding hydrogens is 232 g/mol. The van der Waals surface area contributed by atoms with E-state index in [1.54, 1.807) is 11.8 Å². The Balaban J connectivity index is 2.24. The summed E-state index contributed by atoms with van der Waals surface area (Å²) < 4.78 is 5.76. The highest BCUT2D eigenvalue weighted by atomic mass is 32.2. The zero-order valence-corrected chi connectivity index (χ0v) is 10.4. The molecule has 0 saturated carbocycles. The maximum absolute atomic E-state index is 5.76. The summed E-state index contributed by atoms with van der Waals surface area (Å²) in [5.41, 5.74) is 6.37. The van der Waals surface area contributed by atoms with Crippen LogP contribution in [0.5, 0.6) is 11.6 Å². The zero-order valence-electron chi connectivity index (χ0n) is 9.59. The fourth-order valence-corrected chi connectivity index (χ4v) is 1.97. The molecule has 3 nitrogen and oxygen atoms in total. The second kappa shape index (κ2) is 5.70. The molecule has 0 saturated heterocycles. The highest BCUT2D eigenvalue weighted by molar-refractivity contribution is 7.98. The van der Waals surface area contributed by atoms with Crippen molar-refractivity contribution in [2.45, 2.75) is 11.4 Å². The van der Waals surface area contributed by atoms with E-state index in [-0.39, 0.29) is 0 Å². The van der Waals surface area contributed by atoms with E-state index in [0.29, 0.717) is 12.4 Å². The standard InChI is InChI=1S/C13H14N2OS/c1-17-12-7-3-2-6-11(12)16-13-8-4-5-10(9-14)15-13/h2-8H,9,14H2,1H3. The van der Waals surface area contributed by atoms with Crippen LogP contribution in [0.4, 0.5) is 0 Å². The van der Waals surface area contributed by atoms with Gasteiger partial charge in [0, 0.05) is 17.5 Å². The van der Waals surface area contributed by atoms with E-state index < -0.39 is 0 Å². The van der Waals surface area contributed by atoms with Crippen molar-refractivity contribution in [3.8, 4) is 11.6 Å². The fourth-order valence-electron chi connectivity index (χ4n) is 1.44. The molecule has 0 bridgehead atoms. The molecule has 1 heterocycles. The number of hydrogen-bond acceptors (Lipinski definition) is 4. The zero-order chi connectivity index (χ0) is 12.1. The van der Waals surface area contributed by atoms with E-state index in [2.05, 4.69) is 4.98 Å². The number of aromatic nitrogens is 1. The molecule has 0 aliphatic carbocycles. The second-order valence-corrected chi connectivity index (χ2v) is 4.27. The molecule has 0 fully saturated rings. The summed E-state index contributed by atoms with van der Waals surface area (Å²) in [5.74, 6) is 1.40. The van der Waals surface area contributed by atoms with Crippen LogP contribution in [-0.4, -0.2) is 11.2 Å². The number of nitrogens with two attached hydrogens (primary N) is 1. The lowest BCUT2D eigenvalue weighted by molar-refractivity contribution is 0.450. The summed E-state index contributed by atoms with van der Waals surface area (Å²) in [6.45, 7) is 0.418. The number of rotatable bonds is 4. The Labute approximate surface area is 105 Å². The van der Waals surface area contributed by atoms with Crippen molar-refractivity contribution < 1.29 is 4.74 Å². The monoisotopic (exact) mass is 246 g/mol. The van der Waals surface area contributed by atoms with Gasteiger partial charge in [0.15, 0.2) is 0 Å². The van der Waals surface area contributed by atoms with Gasteiger partial charge >= 0.3 is 0 Å². The van der Waals surface area contributed by atoms with Crippen LogP contribution in [0.2, 0.25) is 0 Å². The first kappa shape index (κ1) is 12.0. The van der Waals surface area contributed by atoms with Crippen molar-refractivity contribution in [3.05, 3.63) is 48.2 Å². The summed E-state index contributed by atoms with van der Waals surface area (Å²) in [6.07, 6.45) is 2.02. The number of thioether (sulfide) groups is 1. The van der Waals surface area contributed by atoms with Crippen molar-refractivity contribution in [3.63, 3.8) is 0 Å². The van der Waals surface area contributed by atoms with E-state index in [0.717, 1.165) is 16.3 Å². The summed E-state index contributed by atoms with van der Waals surface area (Å²) in [7, 11) is 0. The van der Waals surface area contributed by atoms with Crippen LogP contribution in [0, 0.1) is 0 Å². The van der Waals surface area contributed by atoms with Crippen LogP contribution in [0.1, 0.15) is 5.69 Å². The van der Waals surface area contributed by atoms with E-state index in [9.17, 15) is 0 Å². The molecule has 88 valence electrons. The van der Waals surface area contributed by atoms with Crippen molar-refractivity contribution in [1.29, 1.82) is 0 Å². The Morgan fingerprint density at radius 1 is 1.18 bits per heavy atom. The minimum atomic E-state index is 0.418. The molecule has 0 atom stereocenters. The molecule has 0 unspecified atom stereocenters. The number of pyridine rings is 1. The van der Waals surface area contributed by atoms with Gasteiger partial charge in [-0.1, -0.05) is 18.2 Å². The Bertz CT molecular complexity index is 502. The molecule has 0 aliphatic heterocycles. The average molecular weight is 246 g/mol. The van der Waals surface area contributed by atoms with Gasteiger partial charge in [0.05, 0.1) is 5.69 Å². The van der Waals surface area contributed by atoms with E-state index in [1.165, 1.54) is 0 Å². The van der Waals surface area contributed by atoms with E-state index >= 15 is 0 Å². The number of nitrogens with zero attached hydrogens (tertiary/aromatic N) is 1. The molecule has 1 aromatic carbocycles. The van der Waals surface area contributed by atoms with Gasteiger partial charge in [-0.15, -0.1) is 11.8 Å². The Morgan fingerprint density at radius 2 is 2.00 bits per heavy atom. The molecule has 1 aromatic heterocycles. The van der Waals surface area contributed by atoms with Gasteiger partial charge in [-0.2, -0.15) is 0 Å². The van der Waals surface area contributed by atoms with Gasteiger partial charge in [0.1, 0.15) is 5.75 Å². The quantitative estimate of drug-likeness (QED) is 0.842. The molecule has 2 N–H and O–H groups in total. The highest BCUT2D eigenvalue weighted by Gasteiger charge is 2.04. The maximum Gasteiger partial charge on any atom is 0.219 e. The minimum absolute atomic E-state index is 0.418. The summed E-state index contributed by atoms with van der Waals surface area (Å²) in [6, 6.07) is 13.5. The van der Waals surface area contributed by atoms with Crippen LogP contribution in [-0.2, 0) is 6.54 Å². The summed E-state index contributed by atoms with van der Waals surface area (Å²) in [4.78, 5) is 5.40. The van der Waals surface area contributed by atoms with Gasteiger partial charge in [0.2, 0.25) is 5.88 Å². The Kier molecular flexibility index (Phi) is 4.01. The highest BCUT2D eigenvalue weighted by Crippen LogP contribution is 2.30. The molecule has 2 aromatic rings. The van der Waals surface area contributed by atoms with Crippen LogP contribution in [0.25, 0.3) is 0 Å². The van der Waals surface area contributed by atoms with Crippen molar-refractivity contribution in [2.75, 3.05) is 6.26 Å². The number of ether oxygens (including phenoxy) is 1. The van der Waals surface area contributed by atoms with Crippen molar-refractivity contribution in [2.24, 2.45) is 5.73 Å². The van der Waals surface area contributed by atoms with Crippen molar-refractivity contribution in [1.82, 2.24) is 4.98 Å². The molecular formula is C13H14N2OS. The molecule has 17 heavy (non-hydrogen) atoms. The smallest absolute Gasteiger partial charge is 0.219 e. The normalized spacial score (nSPS) is 10.2. The van der Waals surface area contributed by atoms with Gasteiger partial charge in [0.25, 0.3) is 0 Å². The second-order valence-electron chi connectivity index (χ2n) is 3.42. The molecule has 0 aliphatic rings. The fraction of sp³-hybridized carbons (Fsp3) is 0.154. The third kappa shape index (κ3) is 2.99. The van der Waals surface area contributed by atoms with Crippen LogP contribution >= 0.6 is 11.8 Å². The lowest BCUT2D eigenvalue weighted by Gasteiger charge is -2.09. The first-order valence-electron chi connectivity index (χ1n) is 5.30. The minimum Gasteiger partial charge on any atom is -0.438 e. The number of para-hydroxylation sites is 1. The third-order valence-electron chi connectivity index (χ3n) is 2.27. The van der Waals surface area contributed by atoms with Gasteiger partial charge in [-0.25, -0.2) is 4.98 Å². The van der Waals surface area contributed by atoms with E-state index in [4.69, 9.17) is 10.5 Å². The number of benzene rings is 1. The van der Waals surface area contributed by atoms with Gasteiger partial charge in [-0.05, 0) is 24.5 Å². The Morgan fingerprint density at radius 3 is 2.76 bits per heavy atom. The molecule has 4 heteroatoms. The maximum atomic E-state index is 5.76. The molecule has 0 radical (unpaired) electrons. The topological polar surface area (TPSA) is 48.1 Å². The van der Waals surface area contributed by atoms with Crippen molar-refractivity contribution >= 4 is 11.8 Å². The van der Waals surface area contributed by atoms with Crippen LogP contribution in [0.3, 0.4) is 0 Å². The lowest BCUT2D eigenvalue weighted by atomic mass is 10.3. The third-order valence-corrected chi connectivity index (χ3v) is 3.05. The van der Waals surface area contributed by atoms with Crippen LogP contribution in [0.15, 0.2) is 47.4 Å². The SMILES string of the molecule is CSc1ccccc1Oc1cccc(CN)n1. The number of hydrogen-bond donors (Lipinski definition) is 1.